The smallest absolute Gasteiger partial charge is 0.114 e. The number of aryl methyl sites for hydroxylation is 1. The first-order chi connectivity index (χ1) is 15.3. The molecule has 0 aliphatic heterocycles. The van der Waals surface area contributed by atoms with Gasteiger partial charge in [0.25, 0.3) is 0 Å². The maximum Gasteiger partial charge on any atom is 0.114 e. The third-order valence-corrected chi connectivity index (χ3v) is 5.01. The molecule has 4 aromatic heterocycles. The maximum atomic E-state index is 4.69. The number of pyridine rings is 3. The van der Waals surface area contributed by atoms with Gasteiger partial charge in [-0.25, -0.2) is 0 Å². The Morgan fingerprint density at radius 2 is 1.48 bits per heavy atom. The summed E-state index contributed by atoms with van der Waals surface area (Å²) in [6.45, 7) is 5.23. The monoisotopic (exact) mass is 413 g/mol. The zero-order valence-electron chi connectivity index (χ0n) is 17.8. The zero-order valence-corrected chi connectivity index (χ0v) is 17.8. The summed E-state index contributed by atoms with van der Waals surface area (Å²) in [5, 5.41) is 8.50. The largest absolute Gasteiger partial charge is 0.286 e. The second-order valence-corrected chi connectivity index (χ2v) is 7.55. The number of unbranched alkanes of at least 4 members (excludes halogenated alkanes) is 1. The van der Waals surface area contributed by atoms with Gasteiger partial charge in [0.05, 0.1) is 23.3 Å². The fourth-order valence-electron chi connectivity index (χ4n) is 3.37. The third-order valence-electron chi connectivity index (χ3n) is 5.01. The van der Waals surface area contributed by atoms with E-state index in [-0.39, 0.29) is 0 Å². The van der Waals surface area contributed by atoms with Crippen LogP contribution in [0.25, 0.3) is 11.3 Å². The van der Waals surface area contributed by atoms with Gasteiger partial charge in [0.2, 0.25) is 0 Å². The first kappa shape index (κ1) is 20.8. The van der Waals surface area contributed by atoms with Gasteiger partial charge in [-0.05, 0) is 42.8 Å². The van der Waals surface area contributed by atoms with Crippen LogP contribution >= 0.6 is 0 Å². The van der Waals surface area contributed by atoms with Gasteiger partial charge in [-0.2, -0.15) is 0 Å². The second kappa shape index (κ2) is 10.5. The summed E-state index contributed by atoms with van der Waals surface area (Å²) in [6.07, 6.45) is 9.76. The Hall–Kier alpha value is -3.45. The van der Waals surface area contributed by atoms with Gasteiger partial charge in [0.1, 0.15) is 5.69 Å². The van der Waals surface area contributed by atoms with Crippen molar-refractivity contribution in [2.24, 2.45) is 0 Å². The molecule has 0 spiro atoms. The van der Waals surface area contributed by atoms with Crippen molar-refractivity contribution in [3.8, 4) is 11.3 Å². The molecule has 158 valence electrons. The Morgan fingerprint density at radius 3 is 2.03 bits per heavy atom. The molecule has 0 radical (unpaired) electrons. The van der Waals surface area contributed by atoms with Crippen molar-refractivity contribution in [2.45, 2.75) is 45.9 Å². The molecule has 0 atom stereocenters. The predicted octanol–water partition coefficient (Wildman–Crippen LogP) is 4.13. The molecule has 0 aromatic carbocycles. The Labute approximate surface area is 182 Å². The molecule has 0 bridgehead atoms. The Balaban J connectivity index is 1.46. The van der Waals surface area contributed by atoms with Gasteiger partial charge < -0.3 is 0 Å². The van der Waals surface area contributed by atoms with Crippen molar-refractivity contribution in [3.63, 3.8) is 0 Å². The molecule has 0 fully saturated rings. The molecule has 0 unspecified atom stereocenters. The summed E-state index contributed by atoms with van der Waals surface area (Å²) < 4.78 is 1.90. The Bertz CT molecular complexity index is 1000. The first-order valence-electron chi connectivity index (χ1n) is 10.7. The normalized spacial score (nSPS) is 11.2. The van der Waals surface area contributed by atoms with E-state index in [1.54, 1.807) is 0 Å². The summed E-state index contributed by atoms with van der Waals surface area (Å²) in [4.78, 5) is 15.9. The maximum absolute atomic E-state index is 4.69. The van der Waals surface area contributed by atoms with Crippen LogP contribution in [0.3, 0.4) is 0 Å². The van der Waals surface area contributed by atoms with E-state index in [9.17, 15) is 0 Å². The molecule has 31 heavy (non-hydrogen) atoms. The van der Waals surface area contributed by atoms with Gasteiger partial charge in [-0.15, -0.1) is 5.10 Å². The van der Waals surface area contributed by atoms with Gasteiger partial charge >= 0.3 is 0 Å². The van der Waals surface area contributed by atoms with Crippen molar-refractivity contribution >= 4 is 0 Å². The summed E-state index contributed by atoms with van der Waals surface area (Å²) in [5.74, 6) is 0. The Kier molecular flexibility index (Phi) is 7.08. The van der Waals surface area contributed by atoms with Gasteiger partial charge in [0.15, 0.2) is 0 Å². The lowest BCUT2D eigenvalue weighted by Crippen LogP contribution is -2.24. The molecule has 4 aromatic rings. The van der Waals surface area contributed by atoms with Gasteiger partial charge in [0, 0.05) is 50.3 Å². The molecular weight excluding hydrogens is 386 g/mol. The molecule has 7 heteroatoms. The third kappa shape index (κ3) is 6.02. The average Bonchev–Trinajstić information content (AvgIpc) is 3.28. The quantitative estimate of drug-likeness (QED) is 0.389. The van der Waals surface area contributed by atoms with Crippen LogP contribution in [0.4, 0.5) is 0 Å². The van der Waals surface area contributed by atoms with Crippen LogP contribution in [0, 0.1) is 0 Å². The molecule has 0 aliphatic rings. The van der Waals surface area contributed by atoms with Crippen molar-refractivity contribution < 1.29 is 0 Å². The lowest BCUT2D eigenvalue weighted by atomic mass is 10.2. The van der Waals surface area contributed by atoms with Crippen LogP contribution in [-0.2, 0) is 26.2 Å². The van der Waals surface area contributed by atoms with Crippen molar-refractivity contribution in [3.05, 3.63) is 90.4 Å². The van der Waals surface area contributed by atoms with Crippen molar-refractivity contribution in [2.75, 3.05) is 0 Å². The van der Waals surface area contributed by atoms with Crippen LogP contribution < -0.4 is 0 Å². The zero-order chi connectivity index (χ0) is 21.3. The van der Waals surface area contributed by atoms with Crippen LogP contribution in [0.2, 0.25) is 0 Å². The number of hydrogen-bond donors (Lipinski definition) is 0. The molecule has 0 N–H and O–H groups in total. The highest BCUT2D eigenvalue weighted by molar-refractivity contribution is 5.56. The van der Waals surface area contributed by atoms with E-state index in [4.69, 9.17) is 4.98 Å². The first-order valence-corrected chi connectivity index (χ1v) is 10.7. The summed E-state index contributed by atoms with van der Waals surface area (Å²) >= 11 is 0. The molecule has 0 saturated heterocycles. The molecule has 4 heterocycles. The van der Waals surface area contributed by atoms with Crippen LogP contribution in [-0.4, -0.2) is 34.8 Å². The van der Waals surface area contributed by atoms with E-state index in [1.165, 1.54) is 0 Å². The van der Waals surface area contributed by atoms with Crippen LogP contribution in [0.15, 0.2) is 73.3 Å². The number of aromatic nitrogens is 6. The van der Waals surface area contributed by atoms with E-state index >= 15 is 0 Å². The highest BCUT2D eigenvalue weighted by Crippen LogP contribution is 2.17. The SMILES string of the molecule is CCCCn1cc(-c2ccc(CN(Cc3ccccn3)Cc3ccccn3)nc2)nn1. The van der Waals surface area contributed by atoms with Crippen LogP contribution in [0.5, 0.6) is 0 Å². The minimum Gasteiger partial charge on any atom is -0.286 e. The standard InChI is InChI=1S/C24H27N7/c1-2-3-14-31-19-24(28-29-31)20-10-11-23(27-15-20)18-30(16-21-8-4-6-12-25-21)17-22-9-5-7-13-26-22/h4-13,15,19H,2-3,14,16-18H2,1H3. The number of rotatable bonds is 10. The Morgan fingerprint density at radius 1 is 0.806 bits per heavy atom. The summed E-state index contributed by atoms with van der Waals surface area (Å²) in [6, 6.07) is 16.1. The molecule has 0 amide bonds. The van der Waals surface area contributed by atoms with Crippen molar-refractivity contribution in [1.82, 2.24) is 34.8 Å². The van der Waals surface area contributed by atoms with Gasteiger partial charge in [-0.3, -0.25) is 24.5 Å². The lowest BCUT2D eigenvalue weighted by Gasteiger charge is -2.21. The molecule has 0 saturated carbocycles. The van der Waals surface area contributed by atoms with Crippen LogP contribution in [0.1, 0.15) is 36.8 Å². The van der Waals surface area contributed by atoms with E-state index < -0.39 is 0 Å². The minimum atomic E-state index is 0.705. The summed E-state index contributed by atoms with van der Waals surface area (Å²) in [7, 11) is 0. The van der Waals surface area contributed by atoms with E-state index in [0.29, 0.717) is 6.54 Å². The fourth-order valence-corrected chi connectivity index (χ4v) is 3.37. The fraction of sp³-hybridized carbons (Fsp3) is 0.292. The molecule has 4 rings (SSSR count). The molecule has 7 nitrogen and oxygen atoms in total. The highest BCUT2D eigenvalue weighted by Gasteiger charge is 2.11. The van der Waals surface area contributed by atoms with Crippen molar-refractivity contribution in [1.29, 1.82) is 0 Å². The average molecular weight is 414 g/mol. The predicted molar refractivity (Wildman–Crippen MR) is 120 cm³/mol. The lowest BCUT2D eigenvalue weighted by molar-refractivity contribution is 0.239. The number of nitrogens with zero attached hydrogens (tertiary/aromatic N) is 7. The minimum absolute atomic E-state index is 0.705. The summed E-state index contributed by atoms with van der Waals surface area (Å²) in [5.41, 5.74) is 4.88. The highest BCUT2D eigenvalue weighted by atomic mass is 15.4. The second-order valence-electron chi connectivity index (χ2n) is 7.55. The topological polar surface area (TPSA) is 72.6 Å². The van der Waals surface area contributed by atoms with E-state index in [1.807, 2.05) is 65.9 Å². The van der Waals surface area contributed by atoms with E-state index in [0.717, 1.165) is 60.8 Å². The van der Waals surface area contributed by atoms with Gasteiger partial charge in [-0.1, -0.05) is 30.7 Å². The number of hydrogen-bond acceptors (Lipinski definition) is 6. The molecule has 0 aliphatic carbocycles. The molecular formula is C24H27N7. The van der Waals surface area contributed by atoms with E-state index in [2.05, 4.69) is 44.2 Å².